The van der Waals surface area contributed by atoms with Crippen LogP contribution in [0.5, 0.6) is 0 Å². The molecule has 0 aliphatic carbocycles. The van der Waals surface area contributed by atoms with Gasteiger partial charge in [-0.15, -0.1) is 0 Å². The first kappa shape index (κ1) is 15.9. The molecule has 0 amide bonds. The van der Waals surface area contributed by atoms with E-state index in [1.807, 2.05) is 0 Å². The van der Waals surface area contributed by atoms with Crippen molar-refractivity contribution < 1.29 is 0 Å². The first-order valence-electron chi connectivity index (χ1n) is 7.52. The molecule has 1 aromatic carbocycles. The third-order valence-corrected chi connectivity index (χ3v) is 3.96. The van der Waals surface area contributed by atoms with Gasteiger partial charge in [0.25, 0.3) is 0 Å². The molecule has 2 heteroatoms. The van der Waals surface area contributed by atoms with Gasteiger partial charge in [-0.25, -0.2) is 0 Å². The third-order valence-electron chi connectivity index (χ3n) is 3.96. The SMILES string of the molecule is CCC(C)CC(CC)Nc1ccc(N(C)C)cc1C. The quantitative estimate of drug-likeness (QED) is 0.767. The fourth-order valence-electron chi connectivity index (χ4n) is 2.29. The van der Waals surface area contributed by atoms with Crippen LogP contribution in [0.2, 0.25) is 0 Å². The van der Waals surface area contributed by atoms with Crippen LogP contribution >= 0.6 is 0 Å². The summed E-state index contributed by atoms with van der Waals surface area (Å²) >= 11 is 0. The van der Waals surface area contributed by atoms with Gasteiger partial charge in [0.05, 0.1) is 0 Å². The van der Waals surface area contributed by atoms with Crippen LogP contribution in [0.3, 0.4) is 0 Å². The van der Waals surface area contributed by atoms with E-state index in [1.54, 1.807) is 0 Å². The maximum absolute atomic E-state index is 3.71. The summed E-state index contributed by atoms with van der Waals surface area (Å²) in [6, 6.07) is 7.23. The highest BCUT2D eigenvalue weighted by molar-refractivity contribution is 5.60. The number of benzene rings is 1. The number of aryl methyl sites for hydroxylation is 1. The Bertz CT molecular complexity index is 385. The maximum Gasteiger partial charge on any atom is 0.0373 e. The van der Waals surface area contributed by atoms with Crippen LogP contribution in [0.1, 0.15) is 45.6 Å². The average molecular weight is 262 g/mol. The lowest BCUT2D eigenvalue weighted by atomic mass is 9.97. The van der Waals surface area contributed by atoms with Gasteiger partial charge in [-0.05, 0) is 49.4 Å². The van der Waals surface area contributed by atoms with Crippen molar-refractivity contribution in [2.45, 2.75) is 53.0 Å². The molecule has 1 rings (SSSR count). The summed E-state index contributed by atoms with van der Waals surface area (Å²) in [5.41, 5.74) is 3.87. The van der Waals surface area contributed by atoms with Crippen LogP contribution in [0.4, 0.5) is 11.4 Å². The van der Waals surface area contributed by atoms with E-state index in [2.05, 4.69) is 70.2 Å². The zero-order valence-corrected chi connectivity index (χ0v) is 13.5. The largest absolute Gasteiger partial charge is 0.382 e. The summed E-state index contributed by atoms with van der Waals surface area (Å²) in [6.45, 7) is 9.07. The van der Waals surface area contributed by atoms with Crippen LogP contribution in [-0.4, -0.2) is 20.1 Å². The molecule has 19 heavy (non-hydrogen) atoms. The second-order valence-corrected chi connectivity index (χ2v) is 5.89. The molecule has 0 aliphatic rings. The van der Waals surface area contributed by atoms with Crippen molar-refractivity contribution in [2.75, 3.05) is 24.3 Å². The van der Waals surface area contributed by atoms with Gasteiger partial charge in [-0.3, -0.25) is 0 Å². The smallest absolute Gasteiger partial charge is 0.0373 e. The minimum absolute atomic E-state index is 0.582. The fraction of sp³-hybridized carbons (Fsp3) is 0.647. The molecule has 1 N–H and O–H groups in total. The summed E-state index contributed by atoms with van der Waals surface area (Å²) in [6.07, 6.45) is 3.69. The van der Waals surface area contributed by atoms with Gasteiger partial charge in [0.1, 0.15) is 0 Å². The Hall–Kier alpha value is -1.18. The third kappa shape index (κ3) is 4.77. The Kier molecular flexibility index (Phi) is 6.20. The van der Waals surface area contributed by atoms with E-state index in [4.69, 9.17) is 0 Å². The first-order valence-corrected chi connectivity index (χ1v) is 7.52. The molecule has 0 spiro atoms. The lowest BCUT2D eigenvalue weighted by Gasteiger charge is -2.23. The molecule has 1 aromatic rings. The van der Waals surface area contributed by atoms with Gasteiger partial charge in [-0.2, -0.15) is 0 Å². The molecule has 2 nitrogen and oxygen atoms in total. The lowest BCUT2D eigenvalue weighted by molar-refractivity contribution is 0.461. The highest BCUT2D eigenvalue weighted by Gasteiger charge is 2.11. The Morgan fingerprint density at radius 2 is 1.84 bits per heavy atom. The summed E-state index contributed by atoms with van der Waals surface area (Å²) in [5, 5.41) is 3.71. The van der Waals surface area contributed by atoms with Crippen molar-refractivity contribution in [1.29, 1.82) is 0 Å². The van der Waals surface area contributed by atoms with E-state index in [9.17, 15) is 0 Å². The molecule has 2 unspecified atom stereocenters. The van der Waals surface area contributed by atoms with Crippen molar-refractivity contribution in [3.8, 4) is 0 Å². The number of hydrogen-bond donors (Lipinski definition) is 1. The maximum atomic E-state index is 3.71. The number of rotatable bonds is 7. The van der Waals surface area contributed by atoms with Crippen molar-refractivity contribution in [3.63, 3.8) is 0 Å². The summed E-state index contributed by atoms with van der Waals surface area (Å²) in [7, 11) is 4.17. The Morgan fingerprint density at radius 1 is 1.16 bits per heavy atom. The molecule has 0 aliphatic heterocycles. The molecule has 0 saturated heterocycles. The highest BCUT2D eigenvalue weighted by atomic mass is 15.1. The van der Waals surface area contributed by atoms with Crippen LogP contribution in [0.15, 0.2) is 18.2 Å². The minimum atomic E-state index is 0.582. The Labute approximate surface area is 119 Å². The summed E-state index contributed by atoms with van der Waals surface area (Å²) in [5.74, 6) is 0.791. The first-order chi connectivity index (χ1) is 8.97. The monoisotopic (exact) mass is 262 g/mol. The molecule has 0 radical (unpaired) electrons. The summed E-state index contributed by atoms with van der Waals surface area (Å²) < 4.78 is 0. The van der Waals surface area contributed by atoms with E-state index in [1.165, 1.54) is 36.2 Å². The van der Waals surface area contributed by atoms with Crippen molar-refractivity contribution in [2.24, 2.45) is 5.92 Å². The number of hydrogen-bond acceptors (Lipinski definition) is 2. The number of nitrogens with zero attached hydrogens (tertiary/aromatic N) is 1. The van der Waals surface area contributed by atoms with Crippen LogP contribution in [-0.2, 0) is 0 Å². The molecule has 0 fully saturated rings. The van der Waals surface area contributed by atoms with Gasteiger partial charge in [-0.1, -0.05) is 27.2 Å². The molecule has 0 bridgehead atoms. The molecule has 0 heterocycles. The Morgan fingerprint density at radius 3 is 2.32 bits per heavy atom. The Balaban J connectivity index is 2.74. The van der Waals surface area contributed by atoms with Crippen LogP contribution in [0, 0.1) is 12.8 Å². The number of anilines is 2. The van der Waals surface area contributed by atoms with Crippen LogP contribution in [0.25, 0.3) is 0 Å². The highest BCUT2D eigenvalue weighted by Crippen LogP contribution is 2.24. The molecule has 2 atom stereocenters. The normalized spacial score (nSPS) is 14.0. The standard InChI is InChI=1S/C17H30N2/c1-7-13(3)11-15(8-2)18-17-10-9-16(19(5)6)12-14(17)4/h9-10,12-13,15,18H,7-8,11H2,1-6H3. The van der Waals surface area contributed by atoms with Crippen molar-refractivity contribution in [1.82, 2.24) is 0 Å². The molecule has 0 aromatic heterocycles. The zero-order chi connectivity index (χ0) is 14.4. The van der Waals surface area contributed by atoms with E-state index >= 15 is 0 Å². The molecular formula is C17H30N2. The van der Waals surface area contributed by atoms with Gasteiger partial charge in [0.15, 0.2) is 0 Å². The number of nitrogens with one attached hydrogen (secondary N) is 1. The van der Waals surface area contributed by atoms with E-state index < -0.39 is 0 Å². The predicted octanol–water partition coefficient (Wildman–Crippen LogP) is 4.69. The second kappa shape index (κ2) is 7.42. The van der Waals surface area contributed by atoms with Crippen LogP contribution < -0.4 is 10.2 Å². The molecule has 0 saturated carbocycles. The molecule has 108 valence electrons. The van der Waals surface area contributed by atoms with Gasteiger partial charge in [0.2, 0.25) is 0 Å². The van der Waals surface area contributed by atoms with Gasteiger partial charge < -0.3 is 10.2 Å². The lowest BCUT2D eigenvalue weighted by Crippen LogP contribution is -2.21. The molecular weight excluding hydrogens is 232 g/mol. The van der Waals surface area contributed by atoms with E-state index in [0.717, 1.165) is 5.92 Å². The van der Waals surface area contributed by atoms with E-state index in [-0.39, 0.29) is 0 Å². The summed E-state index contributed by atoms with van der Waals surface area (Å²) in [4.78, 5) is 2.15. The average Bonchev–Trinajstić information content (AvgIpc) is 2.39. The van der Waals surface area contributed by atoms with Crippen molar-refractivity contribution >= 4 is 11.4 Å². The minimum Gasteiger partial charge on any atom is -0.382 e. The zero-order valence-electron chi connectivity index (χ0n) is 13.5. The van der Waals surface area contributed by atoms with Crippen molar-refractivity contribution in [3.05, 3.63) is 23.8 Å². The van der Waals surface area contributed by atoms with Gasteiger partial charge >= 0.3 is 0 Å². The van der Waals surface area contributed by atoms with E-state index in [0.29, 0.717) is 6.04 Å². The topological polar surface area (TPSA) is 15.3 Å². The fourth-order valence-corrected chi connectivity index (χ4v) is 2.29. The van der Waals surface area contributed by atoms with Gasteiger partial charge in [0, 0.05) is 31.5 Å². The second-order valence-electron chi connectivity index (χ2n) is 5.89. The predicted molar refractivity (Wildman–Crippen MR) is 87.3 cm³/mol.